The molecule has 0 saturated heterocycles. The van der Waals surface area contributed by atoms with Gasteiger partial charge in [0.2, 0.25) is 0 Å². The van der Waals surface area contributed by atoms with Crippen molar-refractivity contribution in [1.29, 1.82) is 0 Å². The van der Waals surface area contributed by atoms with Gasteiger partial charge in [-0.2, -0.15) is 0 Å². The molecule has 0 rings (SSSR count). The molecule has 7 nitrogen and oxygen atoms in total. The third-order valence-corrected chi connectivity index (χ3v) is 6.91. The smallest absolute Gasteiger partial charge is 0.309 e. The van der Waals surface area contributed by atoms with Gasteiger partial charge in [0.25, 0.3) is 0 Å². The minimum Gasteiger partial charge on any atom is -0.464 e. The Labute approximate surface area is 208 Å². The van der Waals surface area contributed by atoms with Crippen molar-refractivity contribution in [2.45, 2.75) is 83.1 Å². The summed E-state index contributed by atoms with van der Waals surface area (Å²) in [5.74, 6) is -1.36. The average molecular weight is 486 g/mol. The van der Waals surface area contributed by atoms with Crippen LogP contribution >= 0.6 is 0 Å². The highest BCUT2D eigenvalue weighted by Crippen LogP contribution is 2.27. The predicted molar refractivity (Wildman–Crippen MR) is 135 cm³/mol. The molecule has 0 saturated carbocycles. The molecule has 0 N–H and O–H groups in total. The first-order valence-electron chi connectivity index (χ1n) is 12.5. The Morgan fingerprint density at radius 1 is 0.529 bits per heavy atom. The van der Waals surface area contributed by atoms with Crippen LogP contribution in [-0.4, -0.2) is 62.3 Å². The molecule has 34 heavy (non-hydrogen) atoms. The van der Waals surface area contributed by atoms with Crippen LogP contribution in [0, 0.1) is 34.0 Å². The fourth-order valence-corrected chi connectivity index (χ4v) is 2.60. The summed E-state index contributed by atoms with van der Waals surface area (Å²) in [6, 6.07) is 0. The van der Waals surface area contributed by atoms with Crippen LogP contribution < -0.4 is 0 Å². The van der Waals surface area contributed by atoms with Crippen LogP contribution in [-0.2, 0) is 28.6 Å². The van der Waals surface area contributed by atoms with E-state index in [4.69, 9.17) is 14.2 Å². The summed E-state index contributed by atoms with van der Waals surface area (Å²) >= 11 is 0. The minimum atomic E-state index is -0.233. The second kappa shape index (κ2) is 13.5. The van der Waals surface area contributed by atoms with E-state index in [1.807, 2.05) is 88.0 Å². The second-order valence-corrected chi connectivity index (χ2v) is 12.6. The van der Waals surface area contributed by atoms with Gasteiger partial charge in [0.1, 0.15) is 19.8 Å². The number of esters is 3. The largest absolute Gasteiger partial charge is 0.464 e. The summed E-state index contributed by atoms with van der Waals surface area (Å²) in [4.78, 5) is 39.0. The maximum absolute atomic E-state index is 12.3. The van der Waals surface area contributed by atoms with Crippen LogP contribution in [0.3, 0.4) is 0 Å². The first kappa shape index (κ1) is 32.4. The Bertz CT molecular complexity index is 563. The van der Waals surface area contributed by atoms with Crippen molar-refractivity contribution in [1.82, 2.24) is 4.90 Å². The van der Waals surface area contributed by atoms with E-state index in [1.54, 1.807) is 0 Å². The van der Waals surface area contributed by atoms with E-state index in [2.05, 4.69) is 0 Å². The van der Waals surface area contributed by atoms with E-state index >= 15 is 0 Å². The molecule has 0 fully saturated rings. The van der Waals surface area contributed by atoms with Crippen LogP contribution in [0.2, 0.25) is 0 Å². The number of ether oxygens (including phenoxy) is 3. The molecule has 0 aliphatic carbocycles. The quantitative estimate of drug-likeness (QED) is 0.285. The summed E-state index contributed by atoms with van der Waals surface area (Å²) in [6.45, 7) is 25.7. The van der Waals surface area contributed by atoms with Gasteiger partial charge in [-0.05, 0) is 16.2 Å². The second-order valence-electron chi connectivity index (χ2n) is 12.6. The summed E-state index contributed by atoms with van der Waals surface area (Å²) in [5.41, 5.74) is -0.522. The molecule has 0 radical (unpaired) electrons. The molecular formula is C27H51NO6. The van der Waals surface area contributed by atoms with Crippen molar-refractivity contribution in [3.63, 3.8) is 0 Å². The first-order valence-corrected chi connectivity index (χ1v) is 12.5. The van der Waals surface area contributed by atoms with Crippen LogP contribution in [0.25, 0.3) is 0 Å². The summed E-state index contributed by atoms with van der Waals surface area (Å²) in [5, 5.41) is 0. The average Bonchev–Trinajstić information content (AvgIpc) is 2.69. The lowest BCUT2D eigenvalue weighted by Crippen LogP contribution is -2.37. The molecule has 0 aliphatic heterocycles. The highest BCUT2D eigenvalue weighted by atomic mass is 16.5. The Hall–Kier alpha value is -1.63. The van der Waals surface area contributed by atoms with Gasteiger partial charge in [-0.15, -0.1) is 0 Å². The van der Waals surface area contributed by atoms with E-state index in [9.17, 15) is 14.4 Å². The van der Waals surface area contributed by atoms with Gasteiger partial charge in [0, 0.05) is 19.6 Å². The zero-order chi connectivity index (χ0) is 26.9. The Kier molecular flexibility index (Phi) is 12.8. The predicted octanol–water partition coefficient (Wildman–Crippen LogP) is 4.96. The summed E-state index contributed by atoms with van der Waals surface area (Å²) < 4.78 is 16.5. The first-order chi connectivity index (χ1) is 15.3. The lowest BCUT2D eigenvalue weighted by molar-refractivity contribution is -0.152. The van der Waals surface area contributed by atoms with Crippen molar-refractivity contribution in [2.24, 2.45) is 34.0 Å². The molecule has 0 bridgehead atoms. The molecule has 7 heteroatoms. The van der Waals surface area contributed by atoms with Crippen molar-refractivity contribution >= 4 is 17.9 Å². The Morgan fingerprint density at radius 2 is 0.735 bits per heavy atom. The molecule has 200 valence electrons. The van der Waals surface area contributed by atoms with Gasteiger partial charge in [-0.3, -0.25) is 19.3 Å². The van der Waals surface area contributed by atoms with Crippen molar-refractivity contribution in [2.75, 3.05) is 39.5 Å². The van der Waals surface area contributed by atoms with Gasteiger partial charge in [0.15, 0.2) is 0 Å². The van der Waals surface area contributed by atoms with E-state index in [0.29, 0.717) is 19.6 Å². The van der Waals surface area contributed by atoms with E-state index < -0.39 is 0 Å². The summed E-state index contributed by atoms with van der Waals surface area (Å²) in [6.07, 6.45) is 0. The molecule has 0 aromatic carbocycles. The van der Waals surface area contributed by atoms with Gasteiger partial charge in [0.05, 0.1) is 17.8 Å². The van der Waals surface area contributed by atoms with E-state index in [0.717, 1.165) is 0 Å². The highest BCUT2D eigenvalue weighted by Gasteiger charge is 2.30. The lowest BCUT2D eigenvalue weighted by atomic mass is 9.82. The molecule has 0 aromatic rings. The van der Waals surface area contributed by atoms with Gasteiger partial charge in [-0.1, -0.05) is 83.1 Å². The van der Waals surface area contributed by atoms with Crippen molar-refractivity contribution in [3.8, 4) is 0 Å². The van der Waals surface area contributed by atoms with Crippen molar-refractivity contribution in [3.05, 3.63) is 0 Å². The number of nitrogens with zero attached hydrogens (tertiary/aromatic N) is 1. The SMILES string of the molecule is CC(C(=O)OCCN(CCOC(=O)C(C)C(C)(C)C)CCOC(=O)C(C)C(C)(C)C)C(C)(C)C. The Balaban J connectivity index is 4.87. The van der Waals surface area contributed by atoms with Crippen molar-refractivity contribution < 1.29 is 28.6 Å². The van der Waals surface area contributed by atoms with Gasteiger partial charge >= 0.3 is 17.9 Å². The minimum absolute atomic E-state index is 0.174. The molecule has 0 heterocycles. The molecule has 0 amide bonds. The topological polar surface area (TPSA) is 82.1 Å². The van der Waals surface area contributed by atoms with Crippen LogP contribution in [0.15, 0.2) is 0 Å². The van der Waals surface area contributed by atoms with E-state index in [1.165, 1.54) is 0 Å². The standard InChI is InChI=1S/C27H51NO6/c1-19(25(4,5)6)22(29)32-16-13-28(14-17-33-23(30)20(2)26(7,8)9)15-18-34-24(31)21(3)27(10,11)12/h19-21H,13-18H2,1-12H3. The maximum Gasteiger partial charge on any atom is 0.309 e. The van der Waals surface area contributed by atoms with Gasteiger partial charge < -0.3 is 14.2 Å². The lowest BCUT2D eigenvalue weighted by Gasteiger charge is -2.28. The number of rotatable bonds is 12. The van der Waals surface area contributed by atoms with Crippen LogP contribution in [0.1, 0.15) is 83.1 Å². The summed E-state index contributed by atoms with van der Waals surface area (Å²) in [7, 11) is 0. The molecule has 0 aromatic heterocycles. The monoisotopic (exact) mass is 485 g/mol. The fraction of sp³-hybridized carbons (Fsp3) is 0.889. The number of carbonyl (C=O) groups is 3. The fourth-order valence-electron chi connectivity index (χ4n) is 2.60. The zero-order valence-electron chi connectivity index (χ0n) is 23.9. The van der Waals surface area contributed by atoms with Crippen LogP contribution in [0.4, 0.5) is 0 Å². The number of hydrogen-bond donors (Lipinski definition) is 0. The third-order valence-electron chi connectivity index (χ3n) is 6.91. The van der Waals surface area contributed by atoms with Gasteiger partial charge in [-0.25, -0.2) is 0 Å². The maximum atomic E-state index is 12.3. The molecule has 0 spiro atoms. The zero-order valence-corrected chi connectivity index (χ0v) is 23.9. The highest BCUT2D eigenvalue weighted by molar-refractivity contribution is 5.73. The Morgan fingerprint density at radius 3 is 0.912 bits per heavy atom. The normalized spacial score (nSPS) is 15.4. The molecule has 0 aliphatic rings. The van der Waals surface area contributed by atoms with E-state index in [-0.39, 0.29) is 71.7 Å². The van der Waals surface area contributed by atoms with Crippen LogP contribution in [0.5, 0.6) is 0 Å². The number of carbonyl (C=O) groups excluding carboxylic acids is 3. The molecular weight excluding hydrogens is 434 g/mol. The molecule has 3 atom stereocenters. The molecule has 3 unspecified atom stereocenters. The number of hydrogen-bond acceptors (Lipinski definition) is 7. The third kappa shape index (κ3) is 12.2.